The van der Waals surface area contributed by atoms with Gasteiger partial charge in [-0.3, -0.25) is 14.4 Å². The minimum atomic E-state index is -0.307. The zero-order chi connectivity index (χ0) is 20.1. The van der Waals surface area contributed by atoms with E-state index in [4.69, 9.17) is 9.15 Å². The Kier molecular flexibility index (Phi) is 6.29. The Morgan fingerprint density at radius 2 is 2.07 bits per heavy atom. The first kappa shape index (κ1) is 19.9. The molecule has 0 bridgehead atoms. The molecule has 3 rings (SSSR count). The van der Waals surface area contributed by atoms with Crippen molar-refractivity contribution in [1.82, 2.24) is 5.32 Å². The van der Waals surface area contributed by atoms with Crippen LogP contribution in [0.3, 0.4) is 0 Å². The number of ether oxygens (including phenoxy) is 1. The Hall–Kier alpha value is -2.89. The molecule has 0 radical (unpaired) electrons. The van der Waals surface area contributed by atoms with Crippen LogP contribution >= 0.6 is 0 Å². The van der Waals surface area contributed by atoms with Crippen LogP contribution in [0.15, 0.2) is 39.7 Å². The van der Waals surface area contributed by atoms with Crippen molar-refractivity contribution in [2.75, 3.05) is 13.7 Å². The highest BCUT2D eigenvalue weighted by Crippen LogP contribution is 2.30. The number of nitrogens with one attached hydrogen (secondary N) is 1. The van der Waals surface area contributed by atoms with Gasteiger partial charge in [0.2, 0.25) is 5.91 Å². The quantitative estimate of drug-likeness (QED) is 0.633. The van der Waals surface area contributed by atoms with E-state index in [1.54, 1.807) is 12.1 Å². The van der Waals surface area contributed by atoms with E-state index in [1.807, 2.05) is 13.0 Å². The van der Waals surface area contributed by atoms with Crippen molar-refractivity contribution < 1.29 is 18.7 Å². The Morgan fingerprint density at radius 3 is 2.86 bits per heavy atom. The number of methoxy groups -OCH3 is 1. The highest BCUT2D eigenvalue weighted by molar-refractivity contribution is 5.92. The van der Waals surface area contributed by atoms with Crippen molar-refractivity contribution in [2.24, 2.45) is 11.8 Å². The summed E-state index contributed by atoms with van der Waals surface area (Å²) in [6, 6.07) is 5.41. The summed E-state index contributed by atoms with van der Waals surface area (Å²) in [5.41, 5.74) is 1.63. The number of benzene rings is 1. The van der Waals surface area contributed by atoms with Gasteiger partial charge in [-0.15, -0.1) is 0 Å². The van der Waals surface area contributed by atoms with Crippen LogP contribution in [0.25, 0.3) is 17.0 Å². The Balaban J connectivity index is 1.65. The predicted octanol–water partition coefficient (Wildman–Crippen LogP) is 3.21. The molecule has 1 aliphatic rings. The van der Waals surface area contributed by atoms with Crippen molar-refractivity contribution >= 4 is 28.9 Å². The SMILES string of the molecule is COC(=O)C1CCCCC1CNC(=O)/C=C/c1coc2ccc(C)cc2c1=O. The molecule has 2 aromatic rings. The number of esters is 1. The fourth-order valence-electron chi connectivity index (χ4n) is 3.74. The van der Waals surface area contributed by atoms with Gasteiger partial charge in [-0.25, -0.2) is 0 Å². The van der Waals surface area contributed by atoms with E-state index in [-0.39, 0.29) is 29.1 Å². The summed E-state index contributed by atoms with van der Waals surface area (Å²) in [5.74, 6) is -0.609. The fourth-order valence-corrected chi connectivity index (χ4v) is 3.74. The molecule has 1 aliphatic carbocycles. The molecule has 1 fully saturated rings. The van der Waals surface area contributed by atoms with Crippen LogP contribution in [-0.4, -0.2) is 25.5 Å². The van der Waals surface area contributed by atoms with Gasteiger partial charge in [-0.05, 0) is 43.9 Å². The van der Waals surface area contributed by atoms with Crippen LogP contribution in [-0.2, 0) is 14.3 Å². The maximum absolute atomic E-state index is 12.6. The molecule has 1 N–H and O–H groups in total. The number of rotatable bonds is 5. The lowest BCUT2D eigenvalue weighted by molar-refractivity contribution is -0.148. The summed E-state index contributed by atoms with van der Waals surface area (Å²) in [5, 5.41) is 3.32. The first-order valence-electron chi connectivity index (χ1n) is 9.55. The molecule has 1 amide bonds. The van der Waals surface area contributed by atoms with E-state index in [2.05, 4.69) is 5.32 Å². The second-order valence-corrected chi connectivity index (χ2v) is 7.27. The maximum atomic E-state index is 12.6. The van der Waals surface area contributed by atoms with Crippen LogP contribution in [0, 0.1) is 18.8 Å². The first-order valence-corrected chi connectivity index (χ1v) is 9.55. The molecule has 2 atom stereocenters. The van der Waals surface area contributed by atoms with E-state index in [1.165, 1.54) is 25.5 Å². The number of amides is 1. The molecule has 0 aliphatic heterocycles. The summed E-state index contributed by atoms with van der Waals surface area (Å²) >= 11 is 0. The van der Waals surface area contributed by atoms with E-state index < -0.39 is 0 Å². The summed E-state index contributed by atoms with van der Waals surface area (Å²) in [4.78, 5) is 36.6. The molecule has 1 saturated carbocycles. The van der Waals surface area contributed by atoms with Gasteiger partial charge in [0.25, 0.3) is 0 Å². The minimum absolute atomic E-state index is 0.0762. The molecule has 148 valence electrons. The van der Waals surface area contributed by atoms with Crippen molar-refractivity contribution in [2.45, 2.75) is 32.6 Å². The van der Waals surface area contributed by atoms with E-state index in [0.29, 0.717) is 23.1 Å². The number of aryl methyl sites for hydroxylation is 1. The number of fused-ring (bicyclic) bond motifs is 1. The highest BCUT2D eigenvalue weighted by Gasteiger charge is 2.31. The summed E-state index contributed by atoms with van der Waals surface area (Å²) < 4.78 is 10.4. The molecule has 6 heteroatoms. The minimum Gasteiger partial charge on any atom is -0.469 e. The fraction of sp³-hybridized carbons (Fsp3) is 0.409. The molecule has 1 heterocycles. The number of carbonyl (C=O) groups excluding carboxylic acids is 2. The average molecular weight is 383 g/mol. The van der Waals surface area contributed by atoms with E-state index in [9.17, 15) is 14.4 Å². The van der Waals surface area contributed by atoms with Gasteiger partial charge in [-0.1, -0.05) is 24.5 Å². The Labute approximate surface area is 163 Å². The summed E-state index contributed by atoms with van der Waals surface area (Å²) in [7, 11) is 1.39. The van der Waals surface area contributed by atoms with Crippen LogP contribution in [0.4, 0.5) is 0 Å². The molecular weight excluding hydrogens is 358 g/mol. The van der Waals surface area contributed by atoms with Gasteiger partial charge in [0, 0.05) is 12.6 Å². The number of hydrogen-bond donors (Lipinski definition) is 1. The molecule has 1 aromatic carbocycles. The lowest BCUT2D eigenvalue weighted by Gasteiger charge is -2.29. The Bertz CT molecular complexity index is 959. The third-order valence-electron chi connectivity index (χ3n) is 5.32. The molecule has 0 saturated heterocycles. The zero-order valence-electron chi connectivity index (χ0n) is 16.2. The van der Waals surface area contributed by atoms with Gasteiger partial charge in [-0.2, -0.15) is 0 Å². The summed E-state index contributed by atoms with van der Waals surface area (Å²) in [6.07, 6.45) is 7.87. The molecule has 2 unspecified atom stereocenters. The standard InChI is InChI=1S/C22H25NO5/c1-14-7-9-19-18(11-14)21(25)16(13-28-19)8-10-20(24)23-12-15-5-3-4-6-17(15)22(26)27-2/h7-11,13,15,17H,3-6,12H2,1-2H3,(H,23,24)/b10-8+. The molecule has 28 heavy (non-hydrogen) atoms. The van der Waals surface area contributed by atoms with Crippen LogP contribution in [0.1, 0.15) is 36.8 Å². The predicted molar refractivity (Wildman–Crippen MR) is 107 cm³/mol. The van der Waals surface area contributed by atoms with Crippen molar-refractivity contribution in [3.05, 3.63) is 51.9 Å². The third kappa shape index (κ3) is 4.50. The first-order chi connectivity index (χ1) is 13.5. The topological polar surface area (TPSA) is 85.6 Å². The third-order valence-corrected chi connectivity index (χ3v) is 5.32. The highest BCUT2D eigenvalue weighted by atomic mass is 16.5. The van der Waals surface area contributed by atoms with Gasteiger partial charge in [0.15, 0.2) is 5.43 Å². The van der Waals surface area contributed by atoms with E-state index in [0.717, 1.165) is 31.2 Å². The second kappa shape index (κ2) is 8.87. The van der Waals surface area contributed by atoms with Crippen molar-refractivity contribution in [1.29, 1.82) is 0 Å². The van der Waals surface area contributed by atoms with Gasteiger partial charge < -0.3 is 14.5 Å². The van der Waals surface area contributed by atoms with Crippen molar-refractivity contribution in [3.63, 3.8) is 0 Å². The van der Waals surface area contributed by atoms with E-state index >= 15 is 0 Å². The van der Waals surface area contributed by atoms with Gasteiger partial charge >= 0.3 is 5.97 Å². The number of hydrogen-bond acceptors (Lipinski definition) is 5. The lowest BCUT2D eigenvalue weighted by Crippen LogP contribution is -2.37. The molecule has 6 nitrogen and oxygen atoms in total. The van der Waals surface area contributed by atoms with Crippen LogP contribution < -0.4 is 10.7 Å². The largest absolute Gasteiger partial charge is 0.469 e. The smallest absolute Gasteiger partial charge is 0.309 e. The normalized spacial score (nSPS) is 19.6. The van der Waals surface area contributed by atoms with Crippen LogP contribution in [0.5, 0.6) is 0 Å². The lowest BCUT2D eigenvalue weighted by atomic mass is 9.79. The molecule has 0 spiro atoms. The van der Waals surface area contributed by atoms with Crippen LogP contribution in [0.2, 0.25) is 0 Å². The number of carbonyl (C=O) groups is 2. The Morgan fingerprint density at radius 1 is 1.29 bits per heavy atom. The molecule has 1 aromatic heterocycles. The second-order valence-electron chi connectivity index (χ2n) is 7.27. The molecular formula is C22H25NO5. The maximum Gasteiger partial charge on any atom is 0.309 e. The average Bonchev–Trinajstić information content (AvgIpc) is 2.71. The van der Waals surface area contributed by atoms with Crippen molar-refractivity contribution in [3.8, 4) is 0 Å². The van der Waals surface area contributed by atoms with Gasteiger partial charge in [0.05, 0.1) is 24.0 Å². The summed E-state index contributed by atoms with van der Waals surface area (Å²) in [6.45, 7) is 2.32. The monoisotopic (exact) mass is 383 g/mol. The zero-order valence-corrected chi connectivity index (χ0v) is 16.2. The van der Waals surface area contributed by atoms with Gasteiger partial charge in [0.1, 0.15) is 11.8 Å².